The van der Waals surface area contributed by atoms with Crippen LogP contribution in [0, 0.1) is 19.8 Å². The van der Waals surface area contributed by atoms with Crippen LogP contribution in [0.1, 0.15) is 35.3 Å². The number of carbonyl (C=O) groups excluding carboxylic acids is 2. The van der Waals surface area contributed by atoms with Crippen molar-refractivity contribution in [2.45, 2.75) is 27.7 Å². The van der Waals surface area contributed by atoms with Crippen molar-refractivity contribution in [1.29, 1.82) is 0 Å². The van der Waals surface area contributed by atoms with E-state index >= 15 is 0 Å². The Bertz CT molecular complexity index is 552. The van der Waals surface area contributed by atoms with E-state index in [1.165, 1.54) is 0 Å². The van der Waals surface area contributed by atoms with Gasteiger partial charge in [-0.05, 0) is 44.0 Å². The molecule has 0 spiro atoms. The maximum Gasteiger partial charge on any atom is 0.299 e. The lowest BCUT2D eigenvalue weighted by molar-refractivity contribution is -0.114. The third-order valence-corrected chi connectivity index (χ3v) is 3.76. The van der Waals surface area contributed by atoms with Crippen molar-refractivity contribution in [3.63, 3.8) is 0 Å². The van der Waals surface area contributed by atoms with Gasteiger partial charge in [0.05, 0.1) is 11.3 Å². The predicted octanol–water partition coefficient (Wildman–Crippen LogP) is 2.08. The molecule has 0 radical (unpaired) electrons. The Morgan fingerprint density at radius 2 is 1.85 bits per heavy atom. The van der Waals surface area contributed by atoms with Crippen LogP contribution in [0.2, 0.25) is 0 Å². The first-order chi connectivity index (χ1) is 9.47. The Balaban J connectivity index is 2.31. The molecule has 0 aromatic heterocycles. The molecule has 1 amide bonds. The SMILES string of the molecule is CCNCC(C)CN1C(=O)C(=O)c2c(C)ccc(C)c21. The summed E-state index contributed by atoms with van der Waals surface area (Å²) in [4.78, 5) is 26.1. The van der Waals surface area contributed by atoms with Gasteiger partial charge in [-0.25, -0.2) is 0 Å². The molecule has 0 saturated heterocycles. The summed E-state index contributed by atoms with van der Waals surface area (Å²) in [6.45, 7) is 10.3. The van der Waals surface area contributed by atoms with Crippen molar-refractivity contribution in [1.82, 2.24) is 5.32 Å². The number of Topliss-reactive ketones (excluding diaryl/α,β-unsaturated/α-hetero) is 1. The maximum atomic E-state index is 12.2. The average Bonchev–Trinajstić information content (AvgIpc) is 2.67. The van der Waals surface area contributed by atoms with E-state index in [4.69, 9.17) is 0 Å². The number of fused-ring (bicyclic) bond motifs is 1. The molecule has 1 unspecified atom stereocenters. The molecule has 4 heteroatoms. The lowest BCUT2D eigenvalue weighted by Crippen LogP contribution is -2.37. The van der Waals surface area contributed by atoms with E-state index in [0.717, 1.165) is 29.9 Å². The van der Waals surface area contributed by atoms with Crippen LogP contribution in [-0.4, -0.2) is 31.3 Å². The summed E-state index contributed by atoms with van der Waals surface area (Å²) in [5.74, 6) is -0.449. The summed E-state index contributed by atoms with van der Waals surface area (Å²) in [7, 11) is 0. The zero-order valence-electron chi connectivity index (χ0n) is 12.6. The number of carbonyl (C=O) groups is 2. The van der Waals surface area contributed by atoms with E-state index < -0.39 is 0 Å². The summed E-state index contributed by atoms with van der Waals surface area (Å²) < 4.78 is 0. The molecular weight excluding hydrogens is 252 g/mol. The van der Waals surface area contributed by atoms with E-state index in [-0.39, 0.29) is 11.7 Å². The largest absolute Gasteiger partial charge is 0.317 e. The number of anilines is 1. The van der Waals surface area contributed by atoms with Crippen LogP contribution in [0.3, 0.4) is 0 Å². The number of ketones is 1. The van der Waals surface area contributed by atoms with Gasteiger partial charge in [0, 0.05) is 6.54 Å². The molecule has 0 bridgehead atoms. The Kier molecular flexibility index (Phi) is 4.23. The number of nitrogens with one attached hydrogen (secondary N) is 1. The van der Waals surface area contributed by atoms with Gasteiger partial charge in [-0.1, -0.05) is 26.0 Å². The number of aryl methyl sites for hydroxylation is 2. The van der Waals surface area contributed by atoms with Crippen LogP contribution in [-0.2, 0) is 4.79 Å². The minimum atomic E-state index is -0.388. The molecule has 1 N–H and O–H groups in total. The predicted molar refractivity (Wildman–Crippen MR) is 80.3 cm³/mol. The summed E-state index contributed by atoms with van der Waals surface area (Å²) in [6.07, 6.45) is 0. The fourth-order valence-corrected chi connectivity index (χ4v) is 2.70. The maximum absolute atomic E-state index is 12.2. The Morgan fingerprint density at radius 1 is 1.20 bits per heavy atom. The van der Waals surface area contributed by atoms with Gasteiger partial charge in [0.15, 0.2) is 0 Å². The van der Waals surface area contributed by atoms with Crippen LogP contribution in [0.4, 0.5) is 5.69 Å². The number of benzene rings is 1. The van der Waals surface area contributed by atoms with Crippen molar-refractivity contribution in [3.05, 3.63) is 28.8 Å². The van der Waals surface area contributed by atoms with E-state index in [1.54, 1.807) is 4.90 Å². The van der Waals surface area contributed by atoms with E-state index in [2.05, 4.69) is 19.2 Å². The van der Waals surface area contributed by atoms with Gasteiger partial charge in [0.2, 0.25) is 0 Å². The number of amides is 1. The minimum absolute atomic E-state index is 0.303. The molecule has 1 aliphatic rings. The van der Waals surface area contributed by atoms with Crippen LogP contribution in [0.25, 0.3) is 0 Å². The van der Waals surface area contributed by atoms with E-state index in [1.807, 2.05) is 26.0 Å². The van der Waals surface area contributed by atoms with Crippen LogP contribution in [0.15, 0.2) is 12.1 Å². The van der Waals surface area contributed by atoms with E-state index in [0.29, 0.717) is 18.0 Å². The quantitative estimate of drug-likeness (QED) is 0.836. The molecule has 1 heterocycles. The zero-order valence-corrected chi connectivity index (χ0v) is 12.6. The molecule has 1 atom stereocenters. The first-order valence-electron chi connectivity index (χ1n) is 7.14. The first-order valence-corrected chi connectivity index (χ1v) is 7.14. The van der Waals surface area contributed by atoms with Gasteiger partial charge in [0.1, 0.15) is 0 Å². The summed E-state index contributed by atoms with van der Waals surface area (Å²) in [5, 5.41) is 3.28. The second kappa shape index (κ2) is 5.75. The molecule has 0 saturated carbocycles. The number of rotatable bonds is 5. The number of hydrogen-bond acceptors (Lipinski definition) is 3. The van der Waals surface area contributed by atoms with Gasteiger partial charge in [-0.2, -0.15) is 0 Å². The molecular formula is C16H22N2O2. The highest BCUT2D eigenvalue weighted by Crippen LogP contribution is 2.34. The fourth-order valence-electron chi connectivity index (χ4n) is 2.70. The topological polar surface area (TPSA) is 49.4 Å². The molecule has 0 fully saturated rings. The smallest absolute Gasteiger partial charge is 0.299 e. The van der Waals surface area contributed by atoms with Crippen molar-refractivity contribution in [3.8, 4) is 0 Å². The Hall–Kier alpha value is -1.68. The Labute approximate surface area is 120 Å². The van der Waals surface area contributed by atoms with Crippen LogP contribution >= 0.6 is 0 Å². The summed E-state index contributed by atoms with van der Waals surface area (Å²) in [6, 6.07) is 3.88. The van der Waals surface area contributed by atoms with Gasteiger partial charge in [-0.15, -0.1) is 0 Å². The molecule has 1 aromatic carbocycles. The third-order valence-electron chi connectivity index (χ3n) is 3.76. The highest BCUT2D eigenvalue weighted by Gasteiger charge is 2.38. The standard InChI is InChI=1S/C16H22N2O2/c1-5-17-8-10(2)9-18-14-12(4)7-6-11(3)13(14)15(19)16(18)20/h6-7,10,17H,5,8-9H2,1-4H3. The summed E-state index contributed by atoms with van der Waals surface area (Å²) in [5.41, 5.74) is 3.26. The highest BCUT2D eigenvalue weighted by atomic mass is 16.2. The monoisotopic (exact) mass is 274 g/mol. The van der Waals surface area contributed by atoms with Gasteiger partial charge >= 0.3 is 0 Å². The third kappa shape index (κ3) is 2.48. The first kappa shape index (κ1) is 14.7. The second-order valence-corrected chi connectivity index (χ2v) is 5.58. The zero-order chi connectivity index (χ0) is 14.9. The molecule has 108 valence electrons. The normalized spacial score (nSPS) is 15.7. The molecule has 1 aromatic rings. The van der Waals surface area contributed by atoms with Crippen LogP contribution in [0.5, 0.6) is 0 Å². The number of nitrogens with zero attached hydrogens (tertiary/aromatic N) is 1. The van der Waals surface area contributed by atoms with Gasteiger partial charge in [0.25, 0.3) is 11.7 Å². The fraction of sp³-hybridized carbons (Fsp3) is 0.500. The van der Waals surface area contributed by atoms with Crippen molar-refractivity contribution < 1.29 is 9.59 Å². The molecule has 4 nitrogen and oxygen atoms in total. The highest BCUT2D eigenvalue weighted by molar-refractivity contribution is 6.52. The van der Waals surface area contributed by atoms with Crippen molar-refractivity contribution in [2.75, 3.05) is 24.5 Å². The molecule has 1 aliphatic heterocycles. The van der Waals surface area contributed by atoms with Crippen molar-refractivity contribution >= 4 is 17.4 Å². The second-order valence-electron chi connectivity index (χ2n) is 5.58. The lowest BCUT2D eigenvalue weighted by atomic mass is 10.0. The molecule has 20 heavy (non-hydrogen) atoms. The molecule has 0 aliphatic carbocycles. The average molecular weight is 274 g/mol. The molecule has 2 rings (SSSR count). The summed E-state index contributed by atoms with van der Waals surface area (Å²) >= 11 is 0. The van der Waals surface area contributed by atoms with Gasteiger partial charge in [-0.3, -0.25) is 9.59 Å². The minimum Gasteiger partial charge on any atom is -0.317 e. The van der Waals surface area contributed by atoms with Gasteiger partial charge < -0.3 is 10.2 Å². The number of hydrogen-bond donors (Lipinski definition) is 1. The van der Waals surface area contributed by atoms with Crippen molar-refractivity contribution in [2.24, 2.45) is 5.92 Å². The van der Waals surface area contributed by atoms with Crippen LogP contribution < -0.4 is 10.2 Å². The Morgan fingerprint density at radius 3 is 2.50 bits per heavy atom. The van der Waals surface area contributed by atoms with E-state index in [9.17, 15) is 9.59 Å². The lowest BCUT2D eigenvalue weighted by Gasteiger charge is -2.23.